The molecule has 1 atom stereocenters. The number of hydrogen-bond donors (Lipinski definition) is 2. The zero-order chi connectivity index (χ0) is 8.41. The summed E-state index contributed by atoms with van der Waals surface area (Å²) in [5, 5.41) is 7.36. The van der Waals surface area contributed by atoms with Crippen LogP contribution in [0.4, 0.5) is 0 Å². The minimum atomic E-state index is -2.22. The Morgan fingerprint density at radius 3 is 2.40 bits per heavy atom. The van der Waals surface area contributed by atoms with Crippen LogP contribution in [0.25, 0.3) is 0 Å². The van der Waals surface area contributed by atoms with E-state index in [-0.39, 0.29) is 0 Å². The predicted molar refractivity (Wildman–Crippen MR) is 46.2 cm³/mol. The molecule has 10 heavy (non-hydrogen) atoms. The van der Waals surface area contributed by atoms with Gasteiger partial charge in [0.15, 0.2) is 8.03 Å². The average Bonchev–Trinajstić information content (AvgIpc) is 1.85. The van der Waals surface area contributed by atoms with Crippen LogP contribution in [0.5, 0.6) is 0 Å². The van der Waals surface area contributed by atoms with E-state index >= 15 is 0 Å². The molecule has 0 spiro atoms. The molecule has 0 saturated heterocycles. The summed E-state index contributed by atoms with van der Waals surface area (Å²) in [6, 6.07) is 0. The first-order valence-corrected chi connectivity index (χ1v) is 4.52. The van der Waals surface area contributed by atoms with E-state index in [1.165, 1.54) is 0 Å². The Balaban J connectivity index is 0. The van der Waals surface area contributed by atoms with E-state index in [0.29, 0.717) is 12.6 Å². The van der Waals surface area contributed by atoms with Crippen molar-refractivity contribution >= 4 is 25.4 Å². The van der Waals surface area contributed by atoms with Crippen molar-refractivity contribution < 1.29 is 9.46 Å². The minimum Gasteiger partial charge on any atom is -0.346 e. The number of allylic oxidation sites excluding steroid dienone is 1. The Hall–Kier alpha value is -0.270. The van der Waals surface area contributed by atoms with Crippen LogP contribution in [0.15, 0.2) is 12.7 Å². The van der Waals surface area contributed by atoms with Crippen molar-refractivity contribution in [2.75, 3.05) is 6.16 Å². The van der Waals surface area contributed by atoms with E-state index in [9.17, 15) is 4.57 Å². The summed E-state index contributed by atoms with van der Waals surface area (Å²) in [6.07, 6.45) is 2.67. The summed E-state index contributed by atoms with van der Waals surface area (Å²) in [6.45, 7) is 3.40. The van der Waals surface area contributed by atoms with Crippen molar-refractivity contribution in [1.82, 2.24) is 0 Å². The molecular formula is C5H10NO2PS. The fourth-order valence-corrected chi connectivity index (χ4v) is 0.677. The molecule has 0 aliphatic carbocycles. The van der Waals surface area contributed by atoms with Crippen molar-refractivity contribution in [3.8, 4) is 0 Å². The van der Waals surface area contributed by atoms with Crippen LogP contribution in [0.1, 0.15) is 6.42 Å². The summed E-state index contributed by atoms with van der Waals surface area (Å²) in [7, 11) is -2.22. The molecule has 5 heteroatoms. The minimum absolute atomic E-state index is 0.383. The molecule has 58 valence electrons. The third kappa shape index (κ3) is 25.2. The summed E-state index contributed by atoms with van der Waals surface area (Å²) in [5.41, 5.74) is 0. The molecule has 0 aromatic heterocycles. The molecule has 0 rings (SSSR count). The van der Waals surface area contributed by atoms with Crippen molar-refractivity contribution in [3.05, 3.63) is 12.7 Å². The van der Waals surface area contributed by atoms with E-state index in [0.717, 1.165) is 0 Å². The van der Waals surface area contributed by atoms with Crippen molar-refractivity contribution in [3.63, 3.8) is 0 Å². The summed E-state index contributed by atoms with van der Waals surface area (Å²) in [5.74, 6) is 0. The van der Waals surface area contributed by atoms with Crippen molar-refractivity contribution in [2.45, 2.75) is 6.42 Å². The standard InChI is InChI=1S/C4H9O2P.CHNS/c1-2-3-4-7(5)6;2-1-3/h2,7H,1,3-4H2,(H,5,6);2H. The fraction of sp³-hybridized carbons (Fsp3) is 0.400. The van der Waals surface area contributed by atoms with Gasteiger partial charge in [0, 0.05) is 6.16 Å². The zero-order valence-electron chi connectivity index (χ0n) is 5.46. The Morgan fingerprint density at radius 2 is 2.30 bits per heavy atom. The Morgan fingerprint density at radius 1 is 1.90 bits per heavy atom. The molecule has 0 aliphatic rings. The average molecular weight is 179 g/mol. The lowest BCUT2D eigenvalue weighted by Crippen LogP contribution is -1.69. The summed E-state index contributed by atoms with van der Waals surface area (Å²) in [4.78, 5) is 8.18. The quantitative estimate of drug-likeness (QED) is 0.300. The second-order valence-corrected chi connectivity index (χ2v) is 2.81. The Labute approximate surface area is 66.1 Å². The van der Waals surface area contributed by atoms with E-state index in [1.54, 1.807) is 11.2 Å². The highest BCUT2D eigenvalue weighted by Crippen LogP contribution is 2.12. The van der Waals surface area contributed by atoms with Crippen LogP contribution < -0.4 is 0 Å². The molecule has 0 aromatic rings. The highest BCUT2D eigenvalue weighted by molar-refractivity contribution is 7.78. The first-order chi connectivity index (χ1) is 4.68. The van der Waals surface area contributed by atoms with Crippen LogP contribution in [0, 0.1) is 5.41 Å². The van der Waals surface area contributed by atoms with Crippen LogP contribution in [-0.2, 0) is 4.57 Å². The van der Waals surface area contributed by atoms with Gasteiger partial charge in [-0.15, -0.1) is 6.58 Å². The van der Waals surface area contributed by atoms with Crippen molar-refractivity contribution in [1.29, 1.82) is 5.41 Å². The van der Waals surface area contributed by atoms with Gasteiger partial charge in [0.2, 0.25) is 0 Å². The van der Waals surface area contributed by atoms with Gasteiger partial charge in [-0.25, -0.2) is 5.41 Å². The Bertz CT molecular complexity index is 143. The van der Waals surface area contributed by atoms with Gasteiger partial charge in [0.05, 0.1) is 5.16 Å². The van der Waals surface area contributed by atoms with Crippen LogP contribution in [0.2, 0.25) is 0 Å². The lowest BCUT2D eigenvalue weighted by molar-refractivity contribution is 0.503. The maximum Gasteiger partial charge on any atom is 0.189 e. The van der Waals surface area contributed by atoms with Gasteiger partial charge in [-0.05, 0) is 18.6 Å². The highest BCUT2D eigenvalue weighted by Gasteiger charge is 1.85. The molecule has 0 heterocycles. The number of rotatable bonds is 3. The predicted octanol–water partition coefficient (Wildman–Crippen LogP) is 1.70. The van der Waals surface area contributed by atoms with Gasteiger partial charge < -0.3 is 4.89 Å². The normalized spacial score (nSPS) is 10.1. The second-order valence-electron chi connectivity index (χ2n) is 1.32. The maximum absolute atomic E-state index is 9.90. The highest BCUT2D eigenvalue weighted by atomic mass is 32.1. The first kappa shape index (κ1) is 12.4. The van der Waals surface area contributed by atoms with Gasteiger partial charge >= 0.3 is 0 Å². The third-order valence-corrected chi connectivity index (χ3v) is 1.28. The number of hydrogen-bond acceptors (Lipinski definition) is 3. The lowest BCUT2D eigenvalue weighted by atomic mass is 10.5. The fourth-order valence-electron chi connectivity index (χ4n) is 0.226. The van der Waals surface area contributed by atoms with Gasteiger partial charge in [0.1, 0.15) is 0 Å². The van der Waals surface area contributed by atoms with Gasteiger partial charge in [-0.2, -0.15) is 0 Å². The Kier molecular flexibility index (Phi) is 14.3. The molecule has 0 aromatic carbocycles. The molecule has 0 radical (unpaired) electrons. The van der Waals surface area contributed by atoms with Gasteiger partial charge in [-0.3, -0.25) is 4.57 Å². The van der Waals surface area contributed by atoms with E-state index in [2.05, 4.69) is 18.8 Å². The van der Waals surface area contributed by atoms with E-state index in [1.807, 2.05) is 0 Å². The molecule has 2 N–H and O–H groups in total. The molecule has 0 bridgehead atoms. The molecule has 0 saturated carbocycles. The zero-order valence-corrected chi connectivity index (χ0v) is 7.28. The number of thiocarbonyl (C=S) groups is 1. The molecule has 0 fully saturated rings. The smallest absolute Gasteiger partial charge is 0.189 e. The van der Waals surface area contributed by atoms with Crippen LogP contribution in [-0.4, -0.2) is 16.2 Å². The first-order valence-electron chi connectivity index (χ1n) is 2.55. The monoisotopic (exact) mass is 179 g/mol. The molecule has 0 aliphatic heterocycles. The largest absolute Gasteiger partial charge is 0.346 e. The van der Waals surface area contributed by atoms with Gasteiger partial charge in [-0.1, -0.05) is 6.08 Å². The third-order valence-electron chi connectivity index (χ3n) is 0.562. The van der Waals surface area contributed by atoms with Gasteiger partial charge in [0.25, 0.3) is 0 Å². The topological polar surface area (TPSA) is 61.1 Å². The van der Waals surface area contributed by atoms with E-state index < -0.39 is 8.03 Å². The molecule has 3 nitrogen and oxygen atoms in total. The van der Waals surface area contributed by atoms with Crippen molar-refractivity contribution in [2.24, 2.45) is 0 Å². The molecule has 0 amide bonds. The molecule has 1 unspecified atom stereocenters. The van der Waals surface area contributed by atoms with Crippen LogP contribution >= 0.6 is 20.2 Å². The van der Waals surface area contributed by atoms with E-state index in [4.69, 9.17) is 10.3 Å². The lowest BCUT2D eigenvalue weighted by Gasteiger charge is -1.84. The summed E-state index contributed by atoms with van der Waals surface area (Å²) < 4.78 is 9.90. The number of isothiocyanates is 1. The SMILES string of the molecule is C=CCC[PH](=O)O.N=C=S. The maximum atomic E-state index is 9.90. The summed E-state index contributed by atoms with van der Waals surface area (Å²) >= 11 is 3.81. The molecular weight excluding hydrogens is 169 g/mol. The number of nitrogens with one attached hydrogen (secondary N) is 1. The second kappa shape index (κ2) is 11.5. The van der Waals surface area contributed by atoms with Crippen LogP contribution in [0.3, 0.4) is 0 Å².